The minimum Gasteiger partial charge on any atom is -0.472 e. The van der Waals surface area contributed by atoms with Crippen LogP contribution in [-0.2, 0) is 0 Å². The van der Waals surface area contributed by atoms with Gasteiger partial charge in [0.1, 0.15) is 0 Å². The van der Waals surface area contributed by atoms with Crippen molar-refractivity contribution in [3.63, 3.8) is 0 Å². The van der Waals surface area contributed by atoms with Crippen LogP contribution in [0.25, 0.3) is 38.7 Å². The largest absolute Gasteiger partial charge is 0.472 e. The molecule has 130 valence electrons. The average Bonchev–Trinajstić information content (AvgIpc) is 3.13. The lowest BCUT2D eigenvalue weighted by atomic mass is 9.69. The summed E-state index contributed by atoms with van der Waals surface area (Å²) in [6.45, 7) is 9.21. The van der Waals surface area contributed by atoms with Crippen molar-refractivity contribution in [2.75, 3.05) is 0 Å². The second-order valence-corrected chi connectivity index (χ2v) is 8.57. The molecule has 1 nitrogen and oxygen atoms in total. The molecule has 1 aromatic heterocycles. The molecule has 0 amide bonds. The van der Waals surface area contributed by atoms with Crippen molar-refractivity contribution in [2.24, 2.45) is 5.41 Å². The van der Waals surface area contributed by atoms with Gasteiger partial charge in [0, 0.05) is 16.0 Å². The molecule has 1 aliphatic rings. The van der Waals surface area contributed by atoms with Crippen molar-refractivity contribution in [3.05, 3.63) is 64.2 Å². The fourth-order valence-corrected chi connectivity index (χ4v) is 4.91. The van der Waals surface area contributed by atoms with E-state index in [1.807, 2.05) is 18.4 Å². The first-order chi connectivity index (χ1) is 12.4. The van der Waals surface area contributed by atoms with E-state index in [0.29, 0.717) is 5.92 Å². The van der Waals surface area contributed by atoms with Gasteiger partial charge in [-0.3, -0.25) is 0 Å². The van der Waals surface area contributed by atoms with Gasteiger partial charge in [-0.1, -0.05) is 56.6 Å². The summed E-state index contributed by atoms with van der Waals surface area (Å²) in [5.74, 6) is 0.459. The molecule has 0 aliphatic heterocycles. The highest BCUT2D eigenvalue weighted by Gasteiger charge is 2.32. The molecule has 0 N–H and O–H groups in total. The van der Waals surface area contributed by atoms with Gasteiger partial charge in [0.05, 0.1) is 12.5 Å². The molecule has 2 heteroatoms. The molecule has 1 atom stereocenters. The minimum absolute atomic E-state index is 0.106. The van der Waals surface area contributed by atoms with Gasteiger partial charge in [0.25, 0.3) is 0 Å². The molecule has 1 heterocycles. The second kappa shape index (κ2) is 5.14. The van der Waals surface area contributed by atoms with E-state index in [-0.39, 0.29) is 5.41 Å². The zero-order chi connectivity index (χ0) is 18.2. The summed E-state index contributed by atoms with van der Waals surface area (Å²) in [4.78, 5) is 0. The SMILES string of the molecule is Cc1c(-c2ccoc2)c2c(Cl)ccc3ccc4c(c1=CC(C)(C)C4C)c32. The Hall–Kier alpha value is -2.25. The van der Waals surface area contributed by atoms with Crippen LogP contribution in [0.5, 0.6) is 0 Å². The Labute approximate surface area is 158 Å². The zero-order valence-corrected chi connectivity index (χ0v) is 16.2. The van der Waals surface area contributed by atoms with Crippen LogP contribution >= 0.6 is 11.6 Å². The molecule has 0 bridgehead atoms. The van der Waals surface area contributed by atoms with Crippen LogP contribution in [-0.4, -0.2) is 0 Å². The second-order valence-electron chi connectivity index (χ2n) is 8.16. The maximum Gasteiger partial charge on any atom is 0.0981 e. The lowest BCUT2D eigenvalue weighted by Crippen LogP contribution is -2.28. The first-order valence-electron chi connectivity index (χ1n) is 9.12. The third kappa shape index (κ3) is 1.92. The normalized spacial score (nSPS) is 18.4. The molecule has 0 saturated heterocycles. The van der Waals surface area contributed by atoms with Crippen LogP contribution in [0.15, 0.2) is 47.3 Å². The summed E-state index contributed by atoms with van der Waals surface area (Å²) in [7, 11) is 0. The summed E-state index contributed by atoms with van der Waals surface area (Å²) in [6.07, 6.45) is 6.01. The van der Waals surface area contributed by atoms with Crippen molar-refractivity contribution in [2.45, 2.75) is 33.6 Å². The molecule has 0 fully saturated rings. The van der Waals surface area contributed by atoms with E-state index in [9.17, 15) is 0 Å². The van der Waals surface area contributed by atoms with E-state index in [4.69, 9.17) is 16.0 Å². The number of hydrogen-bond acceptors (Lipinski definition) is 1. The Kier molecular flexibility index (Phi) is 3.16. The van der Waals surface area contributed by atoms with Gasteiger partial charge in [-0.15, -0.1) is 0 Å². The lowest BCUT2D eigenvalue weighted by molar-refractivity contribution is 0.423. The van der Waals surface area contributed by atoms with Crippen LogP contribution in [0, 0.1) is 12.3 Å². The Morgan fingerprint density at radius 2 is 1.77 bits per heavy atom. The quantitative estimate of drug-likeness (QED) is 0.361. The summed E-state index contributed by atoms with van der Waals surface area (Å²) < 4.78 is 5.41. The van der Waals surface area contributed by atoms with E-state index in [1.165, 1.54) is 38.1 Å². The highest BCUT2D eigenvalue weighted by molar-refractivity contribution is 6.39. The predicted molar refractivity (Wildman–Crippen MR) is 111 cm³/mol. The summed E-state index contributed by atoms with van der Waals surface area (Å²) in [5, 5.41) is 7.19. The molecule has 1 unspecified atom stereocenters. The molecule has 0 saturated carbocycles. The van der Waals surface area contributed by atoms with Gasteiger partial charge < -0.3 is 4.42 Å². The van der Waals surface area contributed by atoms with Crippen LogP contribution < -0.4 is 5.22 Å². The highest BCUT2D eigenvalue weighted by atomic mass is 35.5. The third-order valence-electron chi connectivity index (χ3n) is 6.37. The molecular weight excluding hydrogens is 340 g/mol. The number of halogens is 1. The maximum atomic E-state index is 6.76. The molecule has 1 aliphatic carbocycles. The first-order valence-corrected chi connectivity index (χ1v) is 9.50. The van der Waals surface area contributed by atoms with Crippen LogP contribution in [0.4, 0.5) is 0 Å². The molecular formula is C24H21ClO. The summed E-state index contributed by atoms with van der Waals surface area (Å²) >= 11 is 6.76. The monoisotopic (exact) mass is 360 g/mol. The van der Waals surface area contributed by atoms with Crippen molar-refractivity contribution < 1.29 is 4.42 Å². The minimum atomic E-state index is 0.106. The molecule has 4 aromatic rings. The van der Waals surface area contributed by atoms with E-state index in [1.54, 1.807) is 6.26 Å². The van der Waals surface area contributed by atoms with Crippen LogP contribution in [0.1, 0.15) is 37.8 Å². The van der Waals surface area contributed by atoms with Crippen LogP contribution in [0.3, 0.4) is 0 Å². The summed E-state index contributed by atoms with van der Waals surface area (Å²) in [6, 6.07) is 10.7. The molecule has 3 aromatic carbocycles. The first kappa shape index (κ1) is 16.0. The molecule has 0 spiro atoms. The van der Waals surface area contributed by atoms with Gasteiger partial charge in [0.15, 0.2) is 0 Å². The Morgan fingerprint density at radius 1 is 1.00 bits per heavy atom. The maximum absolute atomic E-state index is 6.76. The van der Waals surface area contributed by atoms with Crippen LogP contribution in [0.2, 0.25) is 5.02 Å². The highest BCUT2D eigenvalue weighted by Crippen LogP contribution is 2.47. The van der Waals surface area contributed by atoms with E-state index in [2.05, 4.69) is 52.0 Å². The topological polar surface area (TPSA) is 13.1 Å². The van der Waals surface area contributed by atoms with E-state index < -0.39 is 0 Å². The van der Waals surface area contributed by atoms with E-state index in [0.717, 1.165) is 16.0 Å². The van der Waals surface area contributed by atoms with Gasteiger partial charge in [-0.05, 0) is 68.5 Å². The summed E-state index contributed by atoms with van der Waals surface area (Å²) in [5.41, 5.74) is 5.09. The van der Waals surface area contributed by atoms with Crippen molar-refractivity contribution >= 4 is 39.2 Å². The fraction of sp³-hybridized carbons (Fsp3) is 0.250. The lowest BCUT2D eigenvalue weighted by Gasteiger charge is -2.35. The third-order valence-corrected chi connectivity index (χ3v) is 6.69. The van der Waals surface area contributed by atoms with E-state index >= 15 is 0 Å². The fourth-order valence-electron chi connectivity index (χ4n) is 4.66. The van der Waals surface area contributed by atoms with Crippen molar-refractivity contribution in [1.29, 1.82) is 0 Å². The molecule has 5 rings (SSSR count). The Morgan fingerprint density at radius 3 is 2.50 bits per heavy atom. The number of furan rings is 1. The van der Waals surface area contributed by atoms with Gasteiger partial charge in [-0.2, -0.15) is 0 Å². The standard InChI is InChI=1S/C24H21ClO/c1-13-18-11-24(3,4)14(2)17-7-5-15-6-8-19(25)23(21(15)22(17)18)20(13)16-9-10-26-12-16/h5-12,14H,1-4H3. The number of benzene rings is 3. The Balaban J connectivity index is 2.15. The van der Waals surface area contributed by atoms with Gasteiger partial charge >= 0.3 is 0 Å². The van der Waals surface area contributed by atoms with Crippen molar-refractivity contribution in [3.8, 4) is 11.1 Å². The number of rotatable bonds is 1. The zero-order valence-electron chi connectivity index (χ0n) is 15.5. The number of hydrogen-bond donors (Lipinski definition) is 0. The van der Waals surface area contributed by atoms with Gasteiger partial charge in [0.2, 0.25) is 0 Å². The molecule has 0 radical (unpaired) electrons. The van der Waals surface area contributed by atoms with Crippen molar-refractivity contribution in [1.82, 2.24) is 0 Å². The van der Waals surface area contributed by atoms with Gasteiger partial charge in [-0.25, -0.2) is 0 Å². The Bertz CT molecular complexity index is 1230. The molecule has 26 heavy (non-hydrogen) atoms. The average molecular weight is 361 g/mol. The smallest absolute Gasteiger partial charge is 0.0981 e. The predicted octanol–water partition coefficient (Wildman–Crippen LogP) is 6.86.